The molecule has 102 valence electrons. The Morgan fingerprint density at radius 2 is 2.47 bits per heavy atom. The Morgan fingerprint density at radius 3 is 3.11 bits per heavy atom. The Kier molecular flexibility index (Phi) is 4.27. The summed E-state index contributed by atoms with van der Waals surface area (Å²) in [5, 5.41) is 5.24. The molecule has 0 saturated carbocycles. The summed E-state index contributed by atoms with van der Waals surface area (Å²) in [6.45, 7) is 0. The normalized spacial score (nSPS) is 20.4. The van der Waals surface area contributed by atoms with Crippen LogP contribution in [-0.4, -0.2) is 40.2 Å². The minimum atomic E-state index is -0.619. The zero-order valence-electron chi connectivity index (χ0n) is 10.4. The Morgan fingerprint density at radius 1 is 1.63 bits per heavy atom. The molecule has 0 spiro atoms. The first-order valence-electron chi connectivity index (χ1n) is 6.21. The fourth-order valence-electron chi connectivity index (χ4n) is 2.05. The first kappa shape index (κ1) is 13.3. The number of nitrogens with zero attached hydrogens (tertiary/aromatic N) is 1. The number of hydrogen-bond acceptors (Lipinski definition) is 4. The molecule has 0 bridgehead atoms. The highest BCUT2D eigenvalue weighted by molar-refractivity contribution is 5.90. The molecule has 0 radical (unpaired) electrons. The highest BCUT2D eigenvalue weighted by Crippen LogP contribution is 2.08. The predicted molar refractivity (Wildman–Crippen MR) is 66.1 cm³/mol. The Labute approximate surface area is 110 Å². The van der Waals surface area contributed by atoms with Crippen LogP contribution in [0.5, 0.6) is 0 Å². The molecule has 1 fully saturated rings. The van der Waals surface area contributed by atoms with Crippen LogP contribution in [0.15, 0.2) is 12.5 Å². The number of aromatic amines is 1. The van der Waals surface area contributed by atoms with Gasteiger partial charge in [0.05, 0.1) is 12.4 Å². The third-order valence-corrected chi connectivity index (χ3v) is 3.03. The van der Waals surface area contributed by atoms with Crippen LogP contribution < -0.4 is 10.6 Å². The van der Waals surface area contributed by atoms with Gasteiger partial charge in [-0.25, -0.2) is 4.98 Å². The quantitative estimate of drug-likeness (QED) is 0.612. The van der Waals surface area contributed by atoms with Crippen LogP contribution in [0, 0.1) is 0 Å². The molecule has 0 aromatic carbocycles. The molecule has 1 aromatic heterocycles. The second-order valence-electron chi connectivity index (χ2n) is 4.54. The molecule has 1 aliphatic heterocycles. The van der Waals surface area contributed by atoms with Crippen molar-refractivity contribution in [2.45, 2.75) is 37.8 Å². The number of aromatic nitrogens is 2. The van der Waals surface area contributed by atoms with Gasteiger partial charge in [-0.1, -0.05) is 0 Å². The fraction of sp³-hybridized carbons (Fsp3) is 0.500. The standard InChI is InChI=1S/C12H16N4O3/c17-6-9(4-8-5-13-7-14-8)15-12(19)10-2-1-3-11(18)16-10/h5-7,9-10H,1-4H2,(H,13,14)(H,15,19)(H,16,18)/t9-,10?/m0/s1. The van der Waals surface area contributed by atoms with Gasteiger partial charge in [-0.3, -0.25) is 9.59 Å². The van der Waals surface area contributed by atoms with Crippen molar-refractivity contribution < 1.29 is 14.4 Å². The van der Waals surface area contributed by atoms with Gasteiger partial charge in [0.1, 0.15) is 12.3 Å². The molecule has 1 aromatic rings. The third kappa shape index (κ3) is 3.64. The molecular weight excluding hydrogens is 248 g/mol. The number of H-pyrrole nitrogens is 1. The molecule has 2 heterocycles. The summed E-state index contributed by atoms with van der Waals surface area (Å²) in [5.74, 6) is -0.438. The lowest BCUT2D eigenvalue weighted by Gasteiger charge is -2.23. The van der Waals surface area contributed by atoms with Crippen LogP contribution in [0.4, 0.5) is 0 Å². The average Bonchev–Trinajstić information content (AvgIpc) is 2.90. The first-order chi connectivity index (χ1) is 9.19. The second kappa shape index (κ2) is 6.12. The molecule has 1 unspecified atom stereocenters. The van der Waals surface area contributed by atoms with Gasteiger partial charge in [-0.05, 0) is 12.8 Å². The lowest BCUT2D eigenvalue weighted by molar-refractivity contribution is -0.131. The minimum Gasteiger partial charge on any atom is -0.348 e. The number of rotatable bonds is 5. The smallest absolute Gasteiger partial charge is 0.243 e. The summed E-state index contributed by atoms with van der Waals surface area (Å²) in [7, 11) is 0. The molecule has 2 atom stereocenters. The molecule has 2 amide bonds. The van der Waals surface area contributed by atoms with E-state index in [2.05, 4.69) is 20.6 Å². The van der Waals surface area contributed by atoms with Crippen molar-refractivity contribution >= 4 is 18.1 Å². The highest BCUT2D eigenvalue weighted by atomic mass is 16.2. The molecule has 1 aliphatic rings. The molecule has 7 heteroatoms. The summed E-state index contributed by atoms with van der Waals surface area (Å²) >= 11 is 0. The van der Waals surface area contributed by atoms with E-state index in [0.717, 1.165) is 5.69 Å². The number of hydrogen-bond donors (Lipinski definition) is 3. The maximum Gasteiger partial charge on any atom is 0.243 e. The lowest BCUT2D eigenvalue weighted by Crippen LogP contribution is -2.52. The van der Waals surface area contributed by atoms with Crippen molar-refractivity contribution in [3.05, 3.63) is 18.2 Å². The second-order valence-corrected chi connectivity index (χ2v) is 4.54. The van der Waals surface area contributed by atoms with Gasteiger partial charge in [0.2, 0.25) is 11.8 Å². The number of imidazole rings is 1. The van der Waals surface area contributed by atoms with Crippen molar-refractivity contribution in [3.8, 4) is 0 Å². The van der Waals surface area contributed by atoms with E-state index in [9.17, 15) is 14.4 Å². The lowest BCUT2D eigenvalue weighted by atomic mass is 10.0. The van der Waals surface area contributed by atoms with Crippen molar-refractivity contribution in [3.63, 3.8) is 0 Å². The number of amides is 2. The maximum atomic E-state index is 11.9. The fourth-order valence-corrected chi connectivity index (χ4v) is 2.05. The molecule has 2 rings (SSSR count). The van der Waals surface area contributed by atoms with E-state index < -0.39 is 12.1 Å². The van der Waals surface area contributed by atoms with E-state index in [0.29, 0.717) is 32.0 Å². The number of carbonyl (C=O) groups is 3. The van der Waals surface area contributed by atoms with E-state index in [4.69, 9.17) is 0 Å². The van der Waals surface area contributed by atoms with Crippen LogP contribution in [0.1, 0.15) is 25.0 Å². The third-order valence-electron chi connectivity index (χ3n) is 3.03. The van der Waals surface area contributed by atoms with Crippen LogP contribution >= 0.6 is 0 Å². The number of piperidine rings is 1. The van der Waals surface area contributed by atoms with E-state index in [1.165, 1.54) is 6.33 Å². The topological polar surface area (TPSA) is 104 Å². The minimum absolute atomic E-state index is 0.123. The van der Waals surface area contributed by atoms with Gasteiger partial charge in [-0.15, -0.1) is 0 Å². The molecule has 3 N–H and O–H groups in total. The Bertz CT molecular complexity index is 458. The summed E-state index contributed by atoms with van der Waals surface area (Å²) < 4.78 is 0. The Hall–Kier alpha value is -2.18. The average molecular weight is 264 g/mol. The summed E-state index contributed by atoms with van der Waals surface area (Å²) in [6, 6.07) is -1.16. The molecule has 0 aliphatic carbocycles. The summed E-state index contributed by atoms with van der Waals surface area (Å²) in [6.07, 6.45) is 5.91. The zero-order valence-corrected chi connectivity index (χ0v) is 10.4. The zero-order chi connectivity index (χ0) is 13.7. The van der Waals surface area contributed by atoms with Gasteiger partial charge in [0.15, 0.2) is 0 Å². The van der Waals surface area contributed by atoms with E-state index in [1.54, 1.807) is 6.20 Å². The van der Waals surface area contributed by atoms with E-state index >= 15 is 0 Å². The monoisotopic (exact) mass is 264 g/mol. The van der Waals surface area contributed by atoms with Crippen LogP contribution in [0.25, 0.3) is 0 Å². The Balaban J connectivity index is 1.88. The van der Waals surface area contributed by atoms with Gasteiger partial charge >= 0.3 is 0 Å². The molecule has 7 nitrogen and oxygen atoms in total. The SMILES string of the molecule is O=C[C@H](Cc1cnc[nH]1)NC(=O)C1CCCC(=O)N1. The van der Waals surface area contributed by atoms with Crippen LogP contribution in [0.3, 0.4) is 0 Å². The van der Waals surface area contributed by atoms with Crippen molar-refractivity contribution in [1.82, 2.24) is 20.6 Å². The maximum absolute atomic E-state index is 11.9. The molecule has 19 heavy (non-hydrogen) atoms. The number of aldehydes is 1. The highest BCUT2D eigenvalue weighted by Gasteiger charge is 2.26. The van der Waals surface area contributed by atoms with Gasteiger partial charge < -0.3 is 20.4 Å². The number of carbonyl (C=O) groups excluding carboxylic acids is 3. The molecule has 1 saturated heterocycles. The summed E-state index contributed by atoms with van der Waals surface area (Å²) in [5.41, 5.74) is 0.769. The van der Waals surface area contributed by atoms with Gasteiger partial charge in [0.25, 0.3) is 0 Å². The largest absolute Gasteiger partial charge is 0.348 e. The van der Waals surface area contributed by atoms with E-state index in [1.807, 2.05) is 0 Å². The summed E-state index contributed by atoms with van der Waals surface area (Å²) in [4.78, 5) is 40.8. The predicted octanol–water partition coefficient (Wildman–Crippen LogP) is -0.695. The van der Waals surface area contributed by atoms with Crippen LogP contribution in [0.2, 0.25) is 0 Å². The van der Waals surface area contributed by atoms with Crippen molar-refractivity contribution in [2.75, 3.05) is 0 Å². The van der Waals surface area contributed by atoms with Crippen molar-refractivity contribution in [2.24, 2.45) is 0 Å². The first-order valence-corrected chi connectivity index (χ1v) is 6.21. The van der Waals surface area contributed by atoms with Gasteiger partial charge in [0, 0.05) is 24.7 Å². The van der Waals surface area contributed by atoms with Gasteiger partial charge in [-0.2, -0.15) is 0 Å². The van der Waals surface area contributed by atoms with E-state index in [-0.39, 0.29) is 11.8 Å². The molecular formula is C12H16N4O3. The van der Waals surface area contributed by atoms with Crippen LogP contribution in [-0.2, 0) is 20.8 Å². The number of nitrogens with one attached hydrogen (secondary N) is 3. The van der Waals surface area contributed by atoms with Crippen molar-refractivity contribution in [1.29, 1.82) is 0 Å².